The van der Waals surface area contributed by atoms with Gasteiger partial charge in [-0.2, -0.15) is 0 Å². The van der Waals surface area contributed by atoms with Crippen molar-refractivity contribution in [2.24, 2.45) is 11.1 Å². The predicted molar refractivity (Wildman–Crippen MR) is 75.5 cm³/mol. The summed E-state index contributed by atoms with van der Waals surface area (Å²) in [4.78, 5) is 28.7. The van der Waals surface area contributed by atoms with Crippen LogP contribution >= 0.6 is 11.3 Å². The van der Waals surface area contributed by atoms with Crippen LogP contribution in [0.5, 0.6) is 0 Å². The number of amides is 1. The Morgan fingerprint density at radius 3 is 2.89 bits per heavy atom. The minimum Gasteiger partial charge on any atom is -0.330 e. The van der Waals surface area contributed by atoms with Crippen molar-refractivity contribution in [3.05, 3.63) is 10.6 Å². The third-order valence-corrected chi connectivity index (χ3v) is 4.14. The van der Waals surface area contributed by atoms with E-state index in [2.05, 4.69) is 24.1 Å². The van der Waals surface area contributed by atoms with Gasteiger partial charge in [0, 0.05) is 12.8 Å². The SMILES string of the molecule is CC1(C)CC(=O)c2sc(NC(=O)CCCN)nc2C1. The van der Waals surface area contributed by atoms with Crippen LogP contribution in [0.2, 0.25) is 0 Å². The van der Waals surface area contributed by atoms with Crippen molar-refractivity contribution in [3.63, 3.8) is 0 Å². The van der Waals surface area contributed by atoms with Gasteiger partial charge in [-0.3, -0.25) is 9.59 Å². The second kappa shape index (κ2) is 5.38. The third-order valence-electron chi connectivity index (χ3n) is 3.09. The van der Waals surface area contributed by atoms with Gasteiger partial charge in [-0.1, -0.05) is 25.2 Å². The van der Waals surface area contributed by atoms with Crippen LogP contribution in [0.25, 0.3) is 0 Å². The number of carbonyl (C=O) groups is 2. The van der Waals surface area contributed by atoms with Crippen LogP contribution in [0.4, 0.5) is 5.13 Å². The second-order valence-corrected chi connectivity index (χ2v) is 6.68. The Balaban J connectivity index is 2.10. The molecule has 0 spiro atoms. The summed E-state index contributed by atoms with van der Waals surface area (Å²) in [5, 5.41) is 3.27. The van der Waals surface area contributed by atoms with Crippen molar-refractivity contribution < 1.29 is 9.59 Å². The summed E-state index contributed by atoms with van der Waals surface area (Å²) < 4.78 is 0. The molecule has 1 amide bonds. The van der Waals surface area contributed by atoms with Crippen LogP contribution in [0.1, 0.15) is 48.5 Å². The lowest BCUT2D eigenvalue weighted by Gasteiger charge is -2.26. The number of thiazole rings is 1. The number of aromatic nitrogens is 1. The van der Waals surface area contributed by atoms with Gasteiger partial charge in [-0.05, 0) is 24.8 Å². The Morgan fingerprint density at radius 2 is 2.21 bits per heavy atom. The first-order chi connectivity index (χ1) is 8.91. The van der Waals surface area contributed by atoms with Crippen molar-refractivity contribution in [2.45, 2.75) is 39.5 Å². The first-order valence-corrected chi connectivity index (χ1v) is 7.26. The van der Waals surface area contributed by atoms with Gasteiger partial charge in [0.1, 0.15) is 0 Å². The lowest BCUT2D eigenvalue weighted by atomic mass is 9.78. The fourth-order valence-corrected chi connectivity index (χ4v) is 3.15. The maximum absolute atomic E-state index is 12.0. The molecular weight excluding hydrogens is 262 g/mol. The normalized spacial score (nSPS) is 17.1. The highest BCUT2D eigenvalue weighted by atomic mass is 32.1. The number of rotatable bonds is 4. The molecule has 19 heavy (non-hydrogen) atoms. The molecule has 3 N–H and O–H groups in total. The fourth-order valence-electron chi connectivity index (χ4n) is 2.22. The highest BCUT2D eigenvalue weighted by Gasteiger charge is 2.33. The topological polar surface area (TPSA) is 85.1 Å². The van der Waals surface area contributed by atoms with E-state index in [4.69, 9.17) is 5.73 Å². The number of anilines is 1. The molecule has 0 aromatic carbocycles. The first-order valence-electron chi connectivity index (χ1n) is 6.44. The van der Waals surface area contributed by atoms with E-state index in [9.17, 15) is 9.59 Å². The molecule has 6 heteroatoms. The molecule has 1 aromatic rings. The number of ketones is 1. The van der Waals surface area contributed by atoms with Gasteiger partial charge in [0.15, 0.2) is 10.9 Å². The predicted octanol–water partition coefficient (Wildman–Crippen LogP) is 1.98. The van der Waals surface area contributed by atoms with E-state index in [1.165, 1.54) is 11.3 Å². The Hall–Kier alpha value is -1.27. The molecule has 0 atom stereocenters. The molecule has 2 rings (SSSR count). The molecule has 5 nitrogen and oxygen atoms in total. The van der Waals surface area contributed by atoms with Gasteiger partial charge in [-0.15, -0.1) is 0 Å². The lowest BCUT2D eigenvalue weighted by Crippen LogP contribution is -2.26. The first kappa shape index (κ1) is 14.1. The van der Waals surface area contributed by atoms with Crippen molar-refractivity contribution in [3.8, 4) is 0 Å². The van der Waals surface area contributed by atoms with Crippen molar-refractivity contribution in [1.82, 2.24) is 4.98 Å². The molecule has 1 aliphatic carbocycles. The van der Waals surface area contributed by atoms with Gasteiger partial charge in [0.05, 0.1) is 10.6 Å². The van der Waals surface area contributed by atoms with E-state index >= 15 is 0 Å². The molecular formula is C13H19N3O2S. The fraction of sp³-hybridized carbons (Fsp3) is 0.615. The number of Topliss-reactive ketones (excluding diaryl/α,β-unsaturated/α-hetero) is 1. The highest BCUT2D eigenvalue weighted by molar-refractivity contribution is 7.17. The summed E-state index contributed by atoms with van der Waals surface area (Å²) in [5.41, 5.74) is 6.14. The Bertz CT molecular complexity index is 508. The van der Waals surface area contributed by atoms with E-state index < -0.39 is 0 Å². The van der Waals surface area contributed by atoms with Crippen LogP contribution in [-0.4, -0.2) is 23.2 Å². The number of fused-ring (bicyclic) bond motifs is 1. The molecule has 0 unspecified atom stereocenters. The van der Waals surface area contributed by atoms with Crippen LogP contribution in [0, 0.1) is 5.41 Å². The average Bonchev–Trinajstić information content (AvgIpc) is 2.67. The molecule has 0 radical (unpaired) electrons. The largest absolute Gasteiger partial charge is 0.330 e. The maximum atomic E-state index is 12.0. The number of carbonyl (C=O) groups excluding carboxylic acids is 2. The van der Waals surface area contributed by atoms with E-state index in [0.717, 1.165) is 12.1 Å². The average molecular weight is 281 g/mol. The van der Waals surface area contributed by atoms with Gasteiger partial charge in [-0.25, -0.2) is 4.98 Å². The summed E-state index contributed by atoms with van der Waals surface area (Å²) >= 11 is 1.28. The van der Waals surface area contributed by atoms with Crippen LogP contribution in [0.15, 0.2) is 0 Å². The number of nitrogens with one attached hydrogen (secondary N) is 1. The van der Waals surface area contributed by atoms with E-state index in [1.54, 1.807) is 0 Å². The van der Waals surface area contributed by atoms with E-state index in [1.807, 2.05) is 0 Å². The second-order valence-electron chi connectivity index (χ2n) is 5.68. The number of hydrogen-bond donors (Lipinski definition) is 2. The van der Waals surface area contributed by atoms with E-state index in [0.29, 0.717) is 35.8 Å². The van der Waals surface area contributed by atoms with Crippen LogP contribution < -0.4 is 11.1 Å². The maximum Gasteiger partial charge on any atom is 0.226 e. The standard InChI is InChI=1S/C13H19N3O2S/c1-13(2)6-8-11(9(17)7-13)19-12(15-8)16-10(18)4-3-5-14/h3-7,14H2,1-2H3,(H,15,16,18). The summed E-state index contributed by atoms with van der Waals surface area (Å²) in [6.45, 7) is 4.62. The van der Waals surface area contributed by atoms with Crippen LogP contribution in [0.3, 0.4) is 0 Å². The zero-order valence-electron chi connectivity index (χ0n) is 11.3. The van der Waals surface area contributed by atoms with Gasteiger partial charge in [0.2, 0.25) is 5.91 Å². The Kier molecular flexibility index (Phi) is 4.01. The molecule has 0 bridgehead atoms. The molecule has 0 aliphatic heterocycles. The molecule has 1 aromatic heterocycles. The minimum absolute atomic E-state index is 0.0427. The zero-order valence-corrected chi connectivity index (χ0v) is 12.1. The third kappa shape index (κ3) is 3.39. The zero-order chi connectivity index (χ0) is 14.0. The van der Waals surface area contributed by atoms with Gasteiger partial charge in [0.25, 0.3) is 0 Å². The quantitative estimate of drug-likeness (QED) is 0.883. The molecule has 104 valence electrons. The number of nitrogens with two attached hydrogens (primary N) is 1. The molecule has 1 heterocycles. The minimum atomic E-state index is -0.0942. The van der Waals surface area contributed by atoms with Gasteiger partial charge >= 0.3 is 0 Å². The van der Waals surface area contributed by atoms with Crippen molar-refractivity contribution in [1.29, 1.82) is 0 Å². The van der Waals surface area contributed by atoms with Crippen LogP contribution in [-0.2, 0) is 11.2 Å². The summed E-state index contributed by atoms with van der Waals surface area (Å²) in [6, 6.07) is 0. The van der Waals surface area contributed by atoms with Crippen molar-refractivity contribution >= 4 is 28.2 Å². The summed E-state index contributed by atoms with van der Waals surface area (Å²) in [5.74, 6) is 0.0365. The molecule has 1 aliphatic rings. The lowest BCUT2D eigenvalue weighted by molar-refractivity contribution is -0.116. The highest BCUT2D eigenvalue weighted by Crippen LogP contribution is 2.38. The van der Waals surface area contributed by atoms with Gasteiger partial charge < -0.3 is 11.1 Å². The molecule has 0 fully saturated rings. The van der Waals surface area contributed by atoms with E-state index in [-0.39, 0.29) is 17.1 Å². The summed E-state index contributed by atoms with van der Waals surface area (Å²) in [6.07, 6.45) is 2.37. The Labute approximate surface area is 116 Å². The monoisotopic (exact) mass is 281 g/mol. The summed E-state index contributed by atoms with van der Waals surface area (Å²) in [7, 11) is 0. The number of nitrogens with zero attached hydrogens (tertiary/aromatic N) is 1. The Morgan fingerprint density at radius 1 is 1.47 bits per heavy atom. The molecule has 0 saturated carbocycles. The van der Waals surface area contributed by atoms with Crippen molar-refractivity contribution in [2.75, 3.05) is 11.9 Å². The smallest absolute Gasteiger partial charge is 0.226 e. The number of hydrogen-bond acceptors (Lipinski definition) is 5. The molecule has 0 saturated heterocycles.